The predicted molar refractivity (Wildman–Crippen MR) is 185 cm³/mol. The number of rotatable bonds is 16. The third-order valence-electron chi connectivity index (χ3n) is 7.41. The number of unbranched alkanes of at least 4 members (excludes halogenated alkanes) is 1. The van der Waals surface area contributed by atoms with Crippen LogP contribution < -0.4 is 14.4 Å². The maximum absolute atomic E-state index is 14.5. The average Bonchev–Trinajstić information content (AvgIpc) is 3.07. The van der Waals surface area contributed by atoms with Gasteiger partial charge in [-0.05, 0) is 73.0 Å². The lowest BCUT2D eigenvalue weighted by Crippen LogP contribution is -2.53. The van der Waals surface area contributed by atoms with Gasteiger partial charge in [0.05, 0.1) is 17.2 Å². The van der Waals surface area contributed by atoms with Crippen molar-refractivity contribution in [3.8, 4) is 5.75 Å². The van der Waals surface area contributed by atoms with Gasteiger partial charge in [0.1, 0.15) is 18.3 Å². The molecule has 1 N–H and O–H groups in total. The molecule has 2 amide bonds. The Balaban J connectivity index is 1.77. The number of ether oxygens (including phenoxy) is 1. The number of amides is 2. The second-order valence-electron chi connectivity index (χ2n) is 10.7. The summed E-state index contributed by atoms with van der Waals surface area (Å²) in [6, 6.07) is 30.7. The number of nitrogens with zero attached hydrogens (tertiary/aromatic N) is 2. The minimum atomic E-state index is -4.17. The van der Waals surface area contributed by atoms with E-state index in [0.29, 0.717) is 24.6 Å². The lowest BCUT2D eigenvalue weighted by molar-refractivity contribution is -0.140. The quantitative estimate of drug-likeness (QED) is 0.133. The molecule has 0 fully saturated rings. The lowest BCUT2D eigenvalue weighted by Gasteiger charge is -2.34. The zero-order chi connectivity index (χ0) is 32.9. The van der Waals surface area contributed by atoms with Crippen molar-refractivity contribution < 1.29 is 22.7 Å². The standard InChI is InChI=1S/C36H40BrN3O5S/c1-3-5-24-38-36(42)34(25-28-12-8-6-9-13-28)39(26-29-16-18-30(37)19-17-29)35(41)27-40(31-20-22-32(23-21-31)45-4-2)46(43,44)33-14-10-7-11-15-33/h6-23,34H,3-5,24-27H2,1-2H3,(H,38,42)/t34-/m0/s1. The van der Waals surface area contributed by atoms with E-state index in [1.165, 1.54) is 17.0 Å². The van der Waals surface area contributed by atoms with E-state index in [4.69, 9.17) is 4.74 Å². The van der Waals surface area contributed by atoms with E-state index in [0.717, 1.165) is 32.7 Å². The highest BCUT2D eigenvalue weighted by Crippen LogP contribution is 2.27. The minimum absolute atomic E-state index is 0.0503. The third-order valence-corrected chi connectivity index (χ3v) is 9.73. The summed E-state index contributed by atoms with van der Waals surface area (Å²) in [5.74, 6) is -0.220. The van der Waals surface area contributed by atoms with Crippen LogP contribution in [0.25, 0.3) is 0 Å². The van der Waals surface area contributed by atoms with Crippen molar-refractivity contribution in [3.63, 3.8) is 0 Å². The number of carbonyl (C=O) groups is 2. The molecule has 0 unspecified atom stereocenters. The number of benzene rings is 4. The van der Waals surface area contributed by atoms with Gasteiger partial charge in [-0.1, -0.05) is 89.9 Å². The number of carbonyl (C=O) groups excluding carboxylic acids is 2. The van der Waals surface area contributed by atoms with Crippen LogP contribution in [0.15, 0.2) is 119 Å². The second-order valence-corrected chi connectivity index (χ2v) is 13.5. The summed E-state index contributed by atoms with van der Waals surface area (Å²) in [5.41, 5.74) is 1.98. The van der Waals surface area contributed by atoms with Crippen LogP contribution in [0.5, 0.6) is 5.75 Å². The number of hydrogen-bond donors (Lipinski definition) is 1. The lowest BCUT2D eigenvalue weighted by atomic mass is 10.0. The fourth-order valence-electron chi connectivity index (χ4n) is 4.97. The molecule has 4 aromatic carbocycles. The van der Waals surface area contributed by atoms with Crippen LogP contribution in [-0.2, 0) is 32.6 Å². The Morgan fingerprint density at radius 3 is 2.07 bits per heavy atom. The Kier molecular flexibility index (Phi) is 12.8. The first kappa shape index (κ1) is 34.7. The van der Waals surface area contributed by atoms with Crippen molar-refractivity contribution in [2.75, 3.05) is 24.0 Å². The normalized spacial score (nSPS) is 11.8. The molecular weight excluding hydrogens is 666 g/mol. The Hall–Kier alpha value is -4.15. The van der Waals surface area contributed by atoms with Gasteiger partial charge in [0.2, 0.25) is 11.8 Å². The highest BCUT2D eigenvalue weighted by molar-refractivity contribution is 9.10. The molecule has 0 saturated carbocycles. The van der Waals surface area contributed by atoms with Gasteiger partial charge in [-0.2, -0.15) is 0 Å². The molecular formula is C36H40BrN3O5S. The van der Waals surface area contributed by atoms with E-state index >= 15 is 0 Å². The summed E-state index contributed by atoms with van der Waals surface area (Å²) in [4.78, 5) is 29.9. The number of sulfonamides is 1. The van der Waals surface area contributed by atoms with Crippen LogP contribution in [0.4, 0.5) is 5.69 Å². The van der Waals surface area contributed by atoms with Gasteiger partial charge in [-0.15, -0.1) is 0 Å². The maximum Gasteiger partial charge on any atom is 0.264 e. The van der Waals surface area contributed by atoms with E-state index in [9.17, 15) is 18.0 Å². The number of hydrogen-bond acceptors (Lipinski definition) is 5. The highest BCUT2D eigenvalue weighted by Gasteiger charge is 2.34. The van der Waals surface area contributed by atoms with Crippen molar-refractivity contribution >= 4 is 43.5 Å². The Morgan fingerprint density at radius 1 is 0.826 bits per heavy atom. The summed E-state index contributed by atoms with van der Waals surface area (Å²) in [6.45, 7) is 4.42. The smallest absolute Gasteiger partial charge is 0.264 e. The van der Waals surface area contributed by atoms with Crippen LogP contribution >= 0.6 is 15.9 Å². The van der Waals surface area contributed by atoms with E-state index < -0.39 is 28.5 Å². The van der Waals surface area contributed by atoms with E-state index in [1.807, 2.05) is 68.4 Å². The van der Waals surface area contributed by atoms with E-state index in [2.05, 4.69) is 21.2 Å². The predicted octanol–water partition coefficient (Wildman–Crippen LogP) is 6.60. The summed E-state index contributed by atoms with van der Waals surface area (Å²) >= 11 is 3.46. The second kappa shape index (κ2) is 17.0. The molecule has 242 valence electrons. The molecule has 4 rings (SSSR count). The van der Waals surface area contributed by atoms with Gasteiger partial charge in [0.15, 0.2) is 0 Å². The molecule has 46 heavy (non-hydrogen) atoms. The largest absolute Gasteiger partial charge is 0.494 e. The molecule has 0 aliphatic heterocycles. The zero-order valence-electron chi connectivity index (χ0n) is 26.1. The molecule has 0 radical (unpaired) electrons. The molecule has 0 spiro atoms. The van der Waals surface area contributed by atoms with Gasteiger partial charge in [-0.25, -0.2) is 8.42 Å². The van der Waals surface area contributed by atoms with Crippen molar-refractivity contribution in [3.05, 3.63) is 125 Å². The third kappa shape index (κ3) is 9.43. The molecule has 8 nitrogen and oxygen atoms in total. The number of anilines is 1. The highest BCUT2D eigenvalue weighted by atomic mass is 79.9. The average molecular weight is 707 g/mol. The molecule has 0 bridgehead atoms. The fourth-order valence-corrected chi connectivity index (χ4v) is 6.67. The summed E-state index contributed by atoms with van der Waals surface area (Å²) in [7, 11) is -4.17. The molecule has 0 aliphatic carbocycles. The van der Waals surface area contributed by atoms with Gasteiger partial charge >= 0.3 is 0 Å². The van der Waals surface area contributed by atoms with Crippen molar-refractivity contribution in [2.24, 2.45) is 0 Å². The van der Waals surface area contributed by atoms with Crippen LogP contribution in [0.1, 0.15) is 37.8 Å². The van der Waals surface area contributed by atoms with Crippen LogP contribution in [0.2, 0.25) is 0 Å². The number of nitrogens with one attached hydrogen (secondary N) is 1. The van der Waals surface area contributed by atoms with Crippen LogP contribution in [0, 0.1) is 0 Å². The fraction of sp³-hybridized carbons (Fsp3) is 0.278. The number of halogens is 1. The molecule has 0 aromatic heterocycles. The molecule has 0 saturated heterocycles. The first-order chi connectivity index (χ1) is 22.2. The Morgan fingerprint density at radius 2 is 1.46 bits per heavy atom. The van der Waals surface area contributed by atoms with E-state index in [-0.39, 0.29) is 23.8 Å². The molecule has 10 heteroatoms. The van der Waals surface area contributed by atoms with Crippen molar-refractivity contribution in [1.29, 1.82) is 0 Å². The molecule has 0 aliphatic rings. The SMILES string of the molecule is CCCCNC(=O)[C@H](Cc1ccccc1)N(Cc1ccc(Br)cc1)C(=O)CN(c1ccc(OCC)cc1)S(=O)(=O)c1ccccc1. The van der Waals surface area contributed by atoms with E-state index in [1.54, 1.807) is 42.5 Å². The van der Waals surface area contributed by atoms with Gasteiger partial charge in [-0.3, -0.25) is 13.9 Å². The summed E-state index contributed by atoms with van der Waals surface area (Å²) in [5, 5.41) is 3.01. The molecule has 0 heterocycles. The topological polar surface area (TPSA) is 96.0 Å². The Labute approximate surface area is 280 Å². The monoisotopic (exact) mass is 705 g/mol. The molecule has 4 aromatic rings. The molecule has 1 atom stereocenters. The van der Waals surface area contributed by atoms with Gasteiger partial charge in [0.25, 0.3) is 10.0 Å². The van der Waals surface area contributed by atoms with Gasteiger partial charge in [0, 0.05) is 24.0 Å². The first-order valence-corrected chi connectivity index (χ1v) is 17.6. The first-order valence-electron chi connectivity index (χ1n) is 15.4. The Bertz CT molecular complexity index is 1650. The van der Waals surface area contributed by atoms with Crippen molar-refractivity contribution in [1.82, 2.24) is 10.2 Å². The van der Waals surface area contributed by atoms with Gasteiger partial charge < -0.3 is 15.0 Å². The van der Waals surface area contributed by atoms with Crippen LogP contribution in [-0.4, -0.2) is 50.9 Å². The zero-order valence-corrected chi connectivity index (χ0v) is 28.5. The minimum Gasteiger partial charge on any atom is -0.494 e. The summed E-state index contributed by atoms with van der Waals surface area (Å²) in [6.07, 6.45) is 1.96. The summed E-state index contributed by atoms with van der Waals surface area (Å²) < 4.78 is 35.8. The van der Waals surface area contributed by atoms with Crippen LogP contribution in [0.3, 0.4) is 0 Å². The maximum atomic E-state index is 14.5. The van der Waals surface area contributed by atoms with Crippen molar-refractivity contribution in [2.45, 2.75) is 50.6 Å².